The van der Waals surface area contributed by atoms with Gasteiger partial charge in [-0.2, -0.15) is 0 Å². The molecule has 4 fully saturated rings. The highest BCUT2D eigenvalue weighted by atomic mass is 35.5. The molecule has 4 saturated carbocycles. The number of nitrogens with zero attached hydrogens (tertiary/aromatic N) is 1. The lowest BCUT2D eigenvalue weighted by Crippen LogP contribution is -2.48. The molecule has 26 heavy (non-hydrogen) atoms. The molecule has 3 nitrogen and oxygen atoms in total. The molecule has 4 bridgehead atoms. The Kier molecular flexibility index (Phi) is 4.17. The summed E-state index contributed by atoms with van der Waals surface area (Å²) in [6.45, 7) is 0.767. The minimum absolute atomic E-state index is 0.436. The second-order valence-electron chi connectivity index (χ2n) is 8.64. The molecule has 138 valence electrons. The summed E-state index contributed by atoms with van der Waals surface area (Å²) in [6.07, 6.45) is 10.6. The molecule has 1 aromatic heterocycles. The van der Waals surface area contributed by atoms with Gasteiger partial charge >= 0.3 is 0 Å². The van der Waals surface area contributed by atoms with E-state index in [2.05, 4.69) is 33.8 Å². The number of hydrogen-bond acceptors (Lipinski definition) is 4. The zero-order valence-electron chi connectivity index (χ0n) is 15.2. The first kappa shape index (κ1) is 16.9. The Morgan fingerprint density at radius 2 is 1.81 bits per heavy atom. The Labute approximate surface area is 164 Å². The van der Waals surface area contributed by atoms with E-state index in [1.165, 1.54) is 44.2 Å². The fraction of sp³-hybridized carbons (Fsp3) is 0.571. The molecule has 0 saturated heterocycles. The molecule has 0 radical (unpaired) electrons. The third kappa shape index (κ3) is 2.91. The van der Waals surface area contributed by atoms with Crippen molar-refractivity contribution in [1.82, 2.24) is 4.98 Å². The van der Waals surface area contributed by atoms with E-state index in [4.69, 9.17) is 11.6 Å². The first-order valence-electron chi connectivity index (χ1n) is 9.80. The summed E-state index contributed by atoms with van der Waals surface area (Å²) < 4.78 is 0.609. The monoisotopic (exact) mass is 387 g/mol. The molecule has 6 rings (SSSR count). The van der Waals surface area contributed by atoms with Gasteiger partial charge in [-0.25, -0.2) is 4.98 Å². The summed E-state index contributed by atoms with van der Waals surface area (Å²) >= 11 is 7.51. The van der Waals surface area contributed by atoms with Crippen LogP contribution in [0.4, 0.5) is 11.4 Å². The Morgan fingerprint density at radius 3 is 2.38 bits per heavy atom. The lowest BCUT2D eigenvalue weighted by Gasteiger charge is -2.57. The largest absolute Gasteiger partial charge is 0.386 e. The third-order valence-electron chi connectivity index (χ3n) is 6.92. The number of nitrogens with one attached hydrogen (secondary N) is 2. The maximum absolute atomic E-state index is 5.97. The van der Waals surface area contributed by atoms with Crippen LogP contribution in [0, 0.1) is 17.8 Å². The smallest absolute Gasteiger partial charge is 0.183 e. The van der Waals surface area contributed by atoms with Gasteiger partial charge in [-0.15, -0.1) is 11.3 Å². The average Bonchev–Trinajstić information content (AvgIpc) is 3.04. The molecule has 0 spiro atoms. The third-order valence-corrected chi connectivity index (χ3v) is 8.03. The van der Waals surface area contributed by atoms with Crippen molar-refractivity contribution < 1.29 is 0 Å². The SMILES string of the molecule is CNc1ccc(C23CC4CC(CC(C4)C2)C3)cc1NCc1cnc(Cl)s1. The lowest BCUT2D eigenvalue weighted by molar-refractivity contribution is -0.00515. The highest BCUT2D eigenvalue weighted by Crippen LogP contribution is 2.61. The molecule has 2 aromatic rings. The Morgan fingerprint density at radius 1 is 1.12 bits per heavy atom. The van der Waals surface area contributed by atoms with Gasteiger partial charge in [0.25, 0.3) is 0 Å². The number of benzene rings is 1. The molecule has 0 atom stereocenters. The van der Waals surface area contributed by atoms with Crippen LogP contribution in [0.5, 0.6) is 0 Å². The normalized spacial score (nSPS) is 32.0. The highest BCUT2D eigenvalue weighted by Gasteiger charge is 2.51. The quantitative estimate of drug-likeness (QED) is 0.668. The summed E-state index contributed by atoms with van der Waals surface area (Å²) in [5, 5.41) is 6.95. The van der Waals surface area contributed by atoms with Crippen molar-refractivity contribution in [2.45, 2.75) is 50.5 Å². The zero-order valence-corrected chi connectivity index (χ0v) is 16.8. The van der Waals surface area contributed by atoms with Crippen molar-refractivity contribution >= 4 is 34.3 Å². The van der Waals surface area contributed by atoms with Crippen molar-refractivity contribution in [3.05, 3.63) is 39.3 Å². The number of anilines is 2. The van der Waals surface area contributed by atoms with Crippen LogP contribution in [-0.2, 0) is 12.0 Å². The molecule has 0 aliphatic heterocycles. The van der Waals surface area contributed by atoms with Gasteiger partial charge in [0.1, 0.15) is 0 Å². The standard InChI is InChI=1S/C21H26ClN3S/c1-23-18-3-2-16(7-19(18)24-11-17-12-25-20(22)26-17)21-8-13-4-14(9-21)6-15(5-13)10-21/h2-3,7,12-15,23-24H,4-6,8-11H2,1H3. The van der Waals surface area contributed by atoms with Crippen molar-refractivity contribution in [2.24, 2.45) is 17.8 Å². The highest BCUT2D eigenvalue weighted by molar-refractivity contribution is 7.15. The number of rotatable bonds is 5. The van der Waals surface area contributed by atoms with Crippen LogP contribution < -0.4 is 10.6 Å². The minimum Gasteiger partial charge on any atom is -0.386 e. The molecule has 4 aliphatic rings. The molecule has 0 amide bonds. The number of aromatic nitrogens is 1. The second kappa shape index (κ2) is 6.42. The second-order valence-corrected chi connectivity index (χ2v) is 10.3. The first-order chi connectivity index (χ1) is 12.6. The fourth-order valence-electron chi connectivity index (χ4n) is 6.25. The van der Waals surface area contributed by atoms with Crippen molar-refractivity contribution in [3.63, 3.8) is 0 Å². The van der Waals surface area contributed by atoms with Gasteiger partial charge in [0.05, 0.1) is 17.9 Å². The van der Waals surface area contributed by atoms with E-state index in [-0.39, 0.29) is 0 Å². The maximum atomic E-state index is 5.97. The van der Waals surface area contributed by atoms with Crippen molar-refractivity contribution in [2.75, 3.05) is 17.7 Å². The Balaban J connectivity index is 1.43. The molecule has 4 aliphatic carbocycles. The molecule has 1 heterocycles. The molecular weight excluding hydrogens is 362 g/mol. The van der Waals surface area contributed by atoms with Crippen LogP contribution in [0.2, 0.25) is 4.47 Å². The van der Waals surface area contributed by atoms with Gasteiger partial charge in [0.15, 0.2) is 4.47 Å². The van der Waals surface area contributed by atoms with Crippen LogP contribution in [-0.4, -0.2) is 12.0 Å². The maximum Gasteiger partial charge on any atom is 0.183 e. The van der Waals surface area contributed by atoms with Crippen LogP contribution in [0.1, 0.15) is 49.0 Å². The van der Waals surface area contributed by atoms with Gasteiger partial charge in [-0.05, 0) is 79.4 Å². The van der Waals surface area contributed by atoms with E-state index in [0.717, 1.165) is 34.9 Å². The predicted octanol–water partition coefficient (Wildman–Crippen LogP) is 5.92. The van der Waals surface area contributed by atoms with Gasteiger partial charge in [-0.1, -0.05) is 17.7 Å². The Bertz CT molecular complexity index is 780. The summed E-state index contributed by atoms with van der Waals surface area (Å²) in [4.78, 5) is 5.31. The van der Waals surface area contributed by atoms with Crippen LogP contribution in [0.3, 0.4) is 0 Å². The summed E-state index contributed by atoms with van der Waals surface area (Å²) in [6, 6.07) is 7.06. The van der Waals surface area contributed by atoms with Gasteiger partial charge < -0.3 is 10.6 Å². The van der Waals surface area contributed by atoms with E-state index < -0.39 is 0 Å². The first-order valence-corrected chi connectivity index (χ1v) is 11.0. The molecule has 5 heteroatoms. The van der Waals surface area contributed by atoms with E-state index in [0.29, 0.717) is 9.88 Å². The molecule has 0 unspecified atom stereocenters. The zero-order chi connectivity index (χ0) is 17.7. The van der Waals surface area contributed by atoms with E-state index >= 15 is 0 Å². The van der Waals surface area contributed by atoms with Crippen molar-refractivity contribution in [3.8, 4) is 0 Å². The number of thiazole rings is 1. The fourth-order valence-corrected chi connectivity index (χ4v) is 7.17. The predicted molar refractivity (Wildman–Crippen MR) is 110 cm³/mol. The number of halogens is 1. The Hall–Kier alpha value is -1.26. The minimum atomic E-state index is 0.436. The molecule has 1 aromatic carbocycles. The van der Waals surface area contributed by atoms with Crippen LogP contribution in [0.25, 0.3) is 0 Å². The van der Waals surface area contributed by atoms with Gasteiger partial charge in [0, 0.05) is 18.1 Å². The van der Waals surface area contributed by atoms with Gasteiger partial charge in [0.2, 0.25) is 0 Å². The molecule has 2 N–H and O–H groups in total. The lowest BCUT2D eigenvalue weighted by atomic mass is 9.48. The average molecular weight is 388 g/mol. The topological polar surface area (TPSA) is 37.0 Å². The summed E-state index contributed by atoms with van der Waals surface area (Å²) in [7, 11) is 1.99. The van der Waals surface area contributed by atoms with E-state index in [9.17, 15) is 0 Å². The van der Waals surface area contributed by atoms with Crippen LogP contribution in [0.15, 0.2) is 24.4 Å². The van der Waals surface area contributed by atoms with E-state index in [1.54, 1.807) is 16.9 Å². The number of hydrogen-bond donors (Lipinski definition) is 2. The molecular formula is C21H26ClN3S. The van der Waals surface area contributed by atoms with E-state index in [1.807, 2.05) is 13.2 Å². The summed E-state index contributed by atoms with van der Waals surface area (Å²) in [5.74, 6) is 2.92. The van der Waals surface area contributed by atoms with Crippen molar-refractivity contribution in [1.29, 1.82) is 0 Å². The van der Waals surface area contributed by atoms with Gasteiger partial charge in [-0.3, -0.25) is 0 Å². The van der Waals surface area contributed by atoms with Crippen LogP contribution >= 0.6 is 22.9 Å². The summed E-state index contributed by atoms with van der Waals surface area (Å²) in [5.41, 5.74) is 4.35.